The average Bonchev–Trinajstić information content (AvgIpc) is 3.01. The number of nitrogens with zero attached hydrogens (tertiary/aromatic N) is 2. The summed E-state index contributed by atoms with van der Waals surface area (Å²) in [5, 5.41) is 0. The first-order valence-electron chi connectivity index (χ1n) is 7.80. The molecule has 1 atom stereocenters. The maximum absolute atomic E-state index is 12.5. The number of pyridine rings is 1. The van der Waals surface area contributed by atoms with Crippen molar-refractivity contribution in [3.05, 3.63) is 54.4 Å². The van der Waals surface area contributed by atoms with Gasteiger partial charge in [0.2, 0.25) is 15.9 Å². The van der Waals surface area contributed by atoms with Gasteiger partial charge in [0.25, 0.3) is 0 Å². The van der Waals surface area contributed by atoms with Crippen molar-refractivity contribution in [1.82, 2.24) is 9.71 Å². The highest BCUT2D eigenvalue weighted by atomic mass is 32.2. The standard InChI is InChI=1S/C17H19N3O3S/c1-13(14-4-2-10-18-12-14)19-24(22,23)16-8-6-15(7-9-16)20-11-3-5-17(20)21/h2,4,6-10,12-13,19H,3,5,11H2,1H3/t13-/m1/s1. The summed E-state index contributed by atoms with van der Waals surface area (Å²) in [6.07, 6.45) is 4.66. The van der Waals surface area contributed by atoms with Crippen molar-refractivity contribution < 1.29 is 13.2 Å². The van der Waals surface area contributed by atoms with E-state index in [0.29, 0.717) is 13.0 Å². The number of anilines is 1. The zero-order chi connectivity index (χ0) is 17.2. The Morgan fingerprint density at radius 2 is 1.96 bits per heavy atom. The molecule has 1 aromatic heterocycles. The smallest absolute Gasteiger partial charge is 0.241 e. The minimum absolute atomic E-state index is 0.0777. The number of sulfonamides is 1. The lowest BCUT2D eigenvalue weighted by Gasteiger charge is -2.17. The molecular formula is C17H19N3O3S. The predicted molar refractivity (Wildman–Crippen MR) is 91.0 cm³/mol. The predicted octanol–water partition coefficient (Wildman–Crippen LogP) is 2.25. The maximum atomic E-state index is 12.5. The van der Waals surface area contributed by atoms with E-state index in [2.05, 4.69) is 9.71 Å². The maximum Gasteiger partial charge on any atom is 0.241 e. The Hall–Kier alpha value is -2.25. The number of hydrogen-bond acceptors (Lipinski definition) is 4. The molecule has 1 aliphatic rings. The molecule has 1 aromatic carbocycles. The van der Waals surface area contributed by atoms with E-state index in [-0.39, 0.29) is 16.8 Å². The largest absolute Gasteiger partial charge is 0.312 e. The molecule has 24 heavy (non-hydrogen) atoms. The van der Waals surface area contributed by atoms with E-state index in [1.165, 1.54) is 12.1 Å². The fourth-order valence-corrected chi connectivity index (χ4v) is 3.96. The number of nitrogens with one attached hydrogen (secondary N) is 1. The lowest BCUT2D eigenvalue weighted by molar-refractivity contribution is -0.117. The molecule has 126 valence electrons. The Bertz CT molecular complexity index is 820. The third kappa shape index (κ3) is 3.47. The summed E-state index contributed by atoms with van der Waals surface area (Å²) in [7, 11) is -3.64. The van der Waals surface area contributed by atoms with Crippen molar-refractivity contribution >= 4 is 21.6 Å². The van der Waals surface area contributed by atoms with Crippen LogP contribution in [0.4, 0.5) is 5.69 Å². The number of aromatic nitrogens is 1. The van der Waals surface area contributed by atoms with Crippen LogP contribution in [0.15, 0.2) is 53.7 Å². The second kappa shape index (κ2) is 6.70. The second-order valence-corrected chi connectivity index (χ2v) is 7.49. The second-order valence-electron chi connectivity index (χ2n) is 5.77. The van der Waals surface area contributed by atoms with Crippen LogP contribution >= 0.6 is 0 Å². The monoisotopic (exact) mass is 345 g/mol. The number of carbonyl (C=O) groups is 1. The van der Waals surface area contributed by atoms with E-state index in [0.717, 1.165) is 17.7 Å². The van der Waals surface area contributed by atoms with Gasteiger partial charge < -0.3 is 4.90 Å². The first-order valence-corrected chi connectivity index (χ1v) is 9.28. The van der Waals surface area contributed by atoms with Crippen molar-refractivity contribution in [2.75, 3.05) is 11.4 Å². The summed E-state index contributed by atoms with van der Waals surface area (Å²) in [5.41, 5.74) is 1.53. The van der Waals surface area contributed by atoms with Gasteiger partial charge in [-0.15, -0.1) is 0 Å². The van der Waals surface area contributed by atoms with Crippen molar-refractivity contribution in [2.24, 2.45) is 0 Å². The van der Waals surface area contributed by atoms with Crippen molar-refractivity contribution in [1.29, 1.82) is 0 Å². The molecule has 1 aliphatic heterocycles. The zero-order valence-corrected chi connectivity index (χ0v) is 14.2. The summed E-state index contributed by atoms with van der Waals surface area (Å²) in [6.45, 7) is 2.45. The SMILES string of the molecule is C[C@@H](NS(=O)(=O)c1ccc(N2CCCC2=O)cc1)c1cccnc1. The van der Waals surface area contributed by atoms with Gasteiger partial charge in [0.1, 0.15) is 0 Å². The molecule has 1 saturated heterocycles. The van der Waals surface area contributed by atoms with Crippen LogP contribution in [0.2, 0.25) is 0 Å². The molecule has 0 bridgehead atoms. The zero-order valence-electron chi connectivity index (χ0n) is 13.3. The number of hydrogen-bond donors (Lipinski definition) is 1. The molecule has 0 spiro atoms. The first-order chi connectivity index (χ1) is 11.5. The van der Waals surface area contributed by atoms with Gasteiger partial charge in [0.05, 0.1) is 4.90 Å². The van der Waals surface area contributed by atoms with Crippen LogP contribution in [0.3, 0.4) is 0 Å². The Labute approximate surface area is 141 Å². The van der Waals surface area contributed by atoms with E-state index in [1.807, 2.05) is 6.07 Å². The van der Waals surface area contributed by atoms with Crippen molar-refractivity contribution in [3.63, 3.8) is 0 Å². The van der Waals surface area contributed by atoms with E-state index in [9.17, 15) is 13.2 Å². The highest BCUT2D eigenvalue weighted by Gasteiger charge is 2.23. The Kier molecular flexibility index (Phi) is 4.64. The third-order valence-corrected chi connectivity index (χ3v) is 5.61. The van der Waals surface area contributed by atoms with Gasteiger partial charge in [-0.1, -0.05) is 6.07 Å². The van der Waals surface area contributed by atoms with Gasteiger partial charge in [0, 0.05) is 37.1 Å². The molecule has 6 nitrogen and oxygen atoms in total. The average molecular weight is 345 g/mol. The molecule has 1 amide bonds. The molecule has 3 rings (SSSR count). The lowest BCUT2D eigenvalue weighted by Crippen LogP contribution is -2.27. The van der Waals surface area contributed by atoms with Crippen LogP contribution in [-0.4, -0.2) is 25.9 Å². The highest BCUT2D eigenvalue weighted by Crippen LogP contribution is 2.23. The molecule has 0 saturated carbocycles. The third-order valence-electron chi connectivity index (χ3n) is 4.05. The molecule has 1 N–H and O–H groups in total. The van der Waals surface area contributed by atoms with Crippen LogP contribution in [0.5, 0.6) is 0 Å². The molecule has 1 fully saturated rings. The highest BCUT2D eigenvalue weighted by molar-refractivity contribution is 7.89. The number of amides is 1. The summed E-state index contributed by atoms with van der Waals surface area (Å²) in [5.74, 6) is 0.0777. The summed E-state index contributed by atoms with van der Waals surface area (Å²) >= 11 is 0. The van der Waals surface area contributed by atoms with Gasteiger partial charge in [-0.2, -0.15) is 0 Å². The van der Waals surface area contributed by atoms with Gasteiger partial charge in [-0.05, 0) is 49.2 Å². The Balaban J connectivity index is 1.76. The van der Waals surface area contributed by atoms with Gasteiger partial charge >= 0.3 is 0 Å². The molecular weight excluding hydrogens is 326 g/mol. The van der Waals surface area contributed by atoms with Crippen molar-refractivity contribution in [2.45, 2.75) is 30.7 Å². The number of benzene rings is 1. The fourth-order valence-electron chi connectivity index (χ4n) is 2.73. The van der Waals surface area contributed by atoms with Crippen LogP contribution in [0.25, 0.3) is 0 Å². The fraction of sp³-hybridized carbons (Fsp3) is 0.294. The number of carbonyl (C=O) groups excluding carboxylic acids is 1. The quantitative estimate of drug-likeness (QED) is 0.901. The molecule has 0 radical (unpaired) electrons. The van der Waals surface area contributed by atoms with E-state index < -0.39 is 10.0 Å². The van der Waals surface area contributed by atoms with Gasteiger partial charge in [-0.3, -0.25) is 9.78 Å². The normalized spacial score (nSPS) is 16.4. The van der Waals surface area contributed by atoms with Gasteiger partial charge in [0.15, 0.2) is 0 Å². The Morgan fingerprint density at radius 3 is 2.54 bits per heavy atom. The van der Waals surface area contributed by atoms with Crippen LogP contribution in [0, 0.1) is 0 Å². The molecule has 0 unspecified atom stereocenters. The molecule has 7 heteroatoms. The van der Waals surface area contributed by atoms with E-state index >= 15 is 0 Å². The lowest BCUT2D eigenvalue weighted by atomic mass is 10.2. The summed E-state index contributed by atoms with van der Waals surface area (Å²) in [6, 6.07) is 9.60. The van der Waals surface area contributed by atoms with Crippen LogP contribution in [0.1, 0.15) is 31.4 Å². The van der Waals surface area contributed by atoms with E-state index in [4.69, 9.17) is 0 Å². The molecule has 2 aromatic rings. The van der Waals surface area contributed by atoms with Crippen LogP contribution in [-0.2, 0) is 14.8 Å². The van der Waals surface area contributed by atoms with Gasteiger partial charge in [-0.25, -0.2) is 13.1 Å². The molecule has 0 aliphatic carbocycles. The summed E-state index contributed by atoms with van der Waals surface area (Å²) in [4.78, 5) is 17.6. The Morgan fingerprint density at radius 1 is 1.21 bits per heavy atom. The number of rotatable bonds is 5. The van der Waals surface area contributed by atoms with Crippen LogP contribution < -0.4 is 9.62 Å². The van der Waals surface area contributed by atoms with E-state index in [1.54, 1.807) is 42.4 Å². The first kappa shape index (κ1) is 16.6. The summed E-state index contributed by atoms with van der Waals surface area (Å²) < 4.78 is 27.6. The molecule has 2 heterocycles. The minimum Gasteiger partial charge on any atom is -0.312 e. The topological polar surface area (TPSA) is 79.4 Å². The van der Waals surface area contributed by atoms with Crippen molar-refractivity contribution in [3.8, 4) is 0 Å². The minimum atomic E-state index is -3.64.